The van der Waals surface area contributed by atoms with Crippen molar-refractivity contribution >= 4 is 11.9 Å². The number of methoxy groups -OCH3 is 1. The highest BCUT2D eigenvalue weighted by Gasteiger charge is 2.51. The van der Waals surface area contributed by atoms with Crippen molar-refractivity contribution in [2.75, 3.05) is 7.11 Å². The Morgan fingerprint density at radius 1 is 1.20 bits per heavy atom. The van der Waals surface area contributed by atoms with Crippen LogP contribution in [0.1, 0.15) is 44.4 Å². The molecule has 1 aliphatic heterocycles. The second-order valence-electron chi connectivity index (χ2n) is 8.17. The number of imide groups is 1. The minimum absolute atomic E-state index is 0.0240. The summed E-state index contributed by atoms with van der Waals surface area (Å²) in [6.07, 6.45) is 5.33. The lowest BCUT2D eigenvalue weighted by molar-refractivity contribution is -0.141. The highest BCUT2D eigenvalue weighted by atomic mass is 19.1. The van der Waals surface area contributed by atoms with Crippen molar-refractivity contribution in [3.63, 3.8) is 0 Å². The molecule has 9 heteroatoms. The molecule has 30 heavy (non-hydrogen) atoms. The molecule has 3 amide bonds. The molecule has 1 aromatic heterocycles. The third-order valence-corrected chi connectivity index (χ3v) is 6.23. The fourth-order valence-electron chi connectivity index (χ4n) is 4.57. The van der Waals surface area contributed by atoms with Gasteiger partial charge in [0.1, 0.15) is 6.54 Å². The highest BCUT2D eigenvalue weighted by molar-refractivity contribution is 5.99. The lowest BCUT2D eigenvalue weighted by Crippen LogP contribution is -2.62. The Morgan fingerprint density at radius 3 is 2.73 bits per heavy atom. The molecule has 0 radical (unpaired) electrons. The van der Waals surface area contributed by atoms with Crippen LogP contribution in [0, 0.1) is 11.7 Å². The van der Waals surface area contributed by atoms with E-state index in [1.54, 1.807) is 11.0 Å². The Kier molecular flexibility index (Phi) is 4.67. The van der Waals surface area contributed by atoms with Gasteiger partial charge in [0, 0.05) is 17.6 Å². The van der Waals surface area contributed by atoms with Gasteiger partial charge in [0.05, 0.1) is 13.0 Å². The van der Waals surface area contributed by atoms with Crippen molar-refractivity contribution < 1.29 is 23.2 Å². The number of carbonyl (C=O) groups is 2. The number of nitrogens with zero attached hydrogens (tertiary/aromatic N) is 4. The number of hydrogen-bond donors (Lipinski definition) is 0. The quantitative estimate of drug-likeness (QED) is 0.745. The first-order valence-electron chi connectivity index (χ1n) is 10.4. The summed E-state index contributed by atoms with van der Waals surface area (Å²) in [4.78, 5) is 33.6. The van der Waals surface area contributed by atoms with Crippen LogP contribution in [-0.2, 0) is 11.3 Å². The van der Waals surface area contributed by atoms with Crippen LogP contribution >= 0.6 is 0 Å². The van der Waals surface area contributed by atoms with E-state index >= 15 is 0 Å². The zero-order valence-electron chi connectivity index (χ0n) is 16.7. The molecule has 2 saturated carbocycles. The molecule has 8 nitrogen and oxygen atoms in total. The van der Waals surface area contributed by atoms with E-state index in [0.717, 1.165) is 38.5 Å². The first kappa shape index (κ1) is 19.0. The van der Waals surface area contributed by atoms with Gasteiger partial charge in [-0.15, -0.1) is 0 Å². The van der Waals surface area contributed by atoms with E-state index in [-0.39, 0.29) is 53.9 Å². The summed E-state index contributed by atoms with van der Waals surface area (Å²) in [6.45, 7) is 0.141. The van der Waals surface area contributed by atoms with Crippen molar-refractivity contribution in [3.05, 3.63) is 29.9 Å². The monoisotopic (exact) mass is 414 g/mol. The largest absolute Gasteiger partial charge is 0.494 e. The molecular weight excluding hydrogens is 391 g/mol. The van der Waals surface area contributed by atoms with Crippen LogP contribution in [0.4, 0.5) is 9.18 Å². The summed E-state index contributed by atoms with van der Waals surface area (Å²) >= 11 is 0. The number of aromatic nitrogens is 2. The average Bonchev–Trinajstić information content (AvgIpc) is 3.47. The van der Waals surface area contributed by atoms with Crippen molar-refractivity contribution in [3.8, 4) is 17.1 Å². The van der Waals surface area contributed by atoms with Gasteiger partial charge in [-0.25, -0.2) is 9.18 Å². The Hall–Kier alpha value is -2.97. The number of hydrogen-bond acceptors (Lipinski definition) is 6. The van der Waals surface area contributed by atoms with Crippen molar-refractivity contribution in [1.29, 1.82) is 0 Å². The van der Waals surface area contributed by atoms with Gasteiger partial charge in [-0.1, -0.05) is 18.0 Å². The number of benzene rings is 1. The van der Waals surface area contributed by atoms with Crippen LogP contribution in [0.3, 0.4) is 0 Å². The Bertz CT molecular complexity index is 989. The molecule has 1 aromatic carbocycles. The summed E-state index contributed by atoms with van der Waals surface area (Å²) in [6, 6.07) is 4.05. The molecule has 0 bridgehead atoms. The maximum absolute atomic E-state index is 14.0. The van der Waals surface area contributed by atoms with Crippen LogP contribution in [0.25, 0.3) is 11.4 Å². The fourth-order valence-corrected chi connectivity index (χ4v) is 4.57. The van der Waals surface area contributed by atoms with Crippen LogP contribution in [0.5, 0.6) is 5.75 Å². The number of ether oxygens (including phenoxy) is 1. The smallest absolute Gasteiger partial charge is 0.327 e. The third-order valence-electron chi connectivity index (χ3n) is 6.23. The van der Waals surface area contributed by atoms with Crippen LogP contribution < -0.4 is 4.74 Å². The van der Waals surface area contributed by atoms with Gasteiger partial charge in [-0.3, -0.25) is 9.69 Å². The molecular formula is C21H23FN4O4. The van der Waals surface area contributed by atoms with Gasteiger partial charge in [0.2, 0.25) is 17.6 Å². The summed E-state index contributed by atoms with van der Waals surface area (Å²) in [5.41, 5.74) is 0.457. The second-order valence-corrected chi connectivity index (χ2v) is 8.17. The van der Waals surface area contributed by atoms with Gasteiger partial charge in [-0.2, -0.15) is 4.98 Å². The van der Waals surface area contributed by atoms with Crippen LogP contribution in [0.15, 0.2) is 22.7 Å². The predicted molar refractivity (Wildman–Crippen MR) is 103 cm³/mol. The van der Waals surface area contributed by atoms with E-state index in [9.17, 15) is 14.0 Å². The summed E-state index contributed by atoms with van der Waals surface area (Å²) in [7, 11) is 1.40. The molecule has 2 unspecified atom stereocenters. The molecule has 0 spiro atoms. The van der Waals surface area contributed by atoms with E-state index in [1.165, 1.54) is 24.1 Å². The van der Waals surface area contributed by atoms with Gasteiger partial charge < -0.3 is 14.2 Å². The first-order chi connectivity index (χ1) is 14.6. The summed E-state index contributed by atoms with van der Waals surface area (Å²) < 4.78 is 24.3. The second kappa shape index (κ2) is 7.37. The van der Waals surface area contributed by atoms with Gasteiger partial charge in [-0.05, 0) is 43.9 Å². The Balaban J connectivity index is 1.39. The topological polar surface area (TPSA) is 88.8 Å². The summed E-state index contributed by atoms with van der Waals surface area (Å²) in [5, 5.41) is 3.95. The molecule has 158 valence electrons. The molecule has 0 N–H and O–H groups in total. The number of fused-ring (bicyclic) bond motifs is 1. The number of rotatable bonds is 5. The molecule has 2 aliphatic carbocycles. The average molecular weight is 414 g/mol. The lowest BCUT2D eigenvalue weighted by Gasteiger charge is -2.46. The maximum Gasteiger partial charge on any atom is 0.327 e. The molecule has 2 heterocycles. The zero-order valence-corrected chi connectivity index (χ0v) is 16.7. The highest BCUT2D eigenvalue weighted by Crippen LogP contribution is 2.40. The molecule has 3 aliphatic rings. The van der Waals surface area contributed by atoms with Crippen LogP contribution in [-0.4, -0.2) is 51.1 Å². The van der Waals surface area contributed by atoms with E-state index in [4.69, 9.17) is 9.26 Å². The standard InChI is InChI=1S/C21H23FN4O4/c1-29-17-9-6-12(10-15(17)22)19-23-18(30-24-19)11-25-16-5-3-2-4-14(16)20(27)26(21(25)28)13-7-8-13/h6,9-10,13-14,16H,2-5,7-8,11H2,1H3. The summed E-state index contributed by atoms with van der Waals surface area (Å²) in [5.74, 6) is -0.0559. The number of amides is 3. The third kappa shape index (κ3) is 3.22. The first-order valence-corrected chi connectivity index (χ1v) is 10.4. The van der Waals surface area contributed by atoms with Crippen molar-refractivity contribution in [1.82, 2.24) is 19.9 Å². The van der Waals surface area contributed by atoms with Gasteiger partial charge in [0.15, 0.2) is 11.6 Å². The fraction of sp³-hybridized carbons (Fsp3) is 0.524. The van der Waals surface area contributed by atoms with Crippen molar-refractivity contribution in [2.45, 2.75) is 57.2 Å². The van der Waals surface area contributed by atoms with Crippen LogP contribution in [0.2, 0.25) is 0 Å². The molecule has 3 fully saturated rings. The van der Waals surface area contributed by atoms with E-state index < -0.39 is 5.82 Å². The molecule has 2 aromatic rings. The number of halogens is 1. The Morgan fingerprint density at radius 2 is 2.00 bits per heavy atom. The van der Waals surface area contributed by atoms with Crippen molar-refractivity contribution in [2.24, 2.45) is 5.92 Å². The van der Waals surface area contributed by atoms with E-state index in [1.807, 2.05) is 0 Å². The lowest BCUT2D eigenvalue weighted by atomic mass is 9.81. The Labute approximate surface area is 173 Å². The van der Waals surface area contributed by atoms with E-state index in [2.05, 4.69) is 10.1 Å². The minimum Gasteiger partial charge on any atom is -0.494 e. The molecule has 2 atom stereocenters. The predicted octanol–water partition coefficient (Wildman–Crippen LogP) is 3.37. The zero-order chi connectivity index (χ0) is 20.8. The number of carbonyl (C=O) groups excluding carboxylic acids is 2. The minimum atomic E-state index is -0.517. The molecule has 5 rings (SSSR count). The number of urea groups is 1. The normalized spacial score (nSPS) is 24.2. The van der Waals surface area contributed by atoms with Gasteiger partial charge >= 0.3 is 6.03 Å². The van der Waals surface area contributed by atoms with Gasteiger partial charge in [0.25, 0.3) is 0 Å². The molecule has 1 saturated heterocycles. The van der Waals surface area contributed by atoms with E-state index in [0.29, 0.717) is 5.56 Å². The maximum atomic E-state index is 14.0. The SMILES string of the molecule is COc1ccc(-c2noc(CN3C(=O)N(C4CC4)C(=O)C4CCCCC43)n2)cc1F.